The summed E-state index contributed by atoms with van der Waals surface area (Å²) in [6.07, 6.45) is 7.73. The number of rotatable bonds is 5. The van der Waals surface area contributed by atoms with Gasteiger partial charge in [-0.25, -0.2) is 0 Å². The Morgan fingerprint density at radius 3 is 2.82 bits per heavy atom. The fraction of sp³-hybridized carbons (Fsp3) is 0.250. The summed E-state index contributed by atoms with van der Waals surface area (Å²) in [6, 6.07) is 5.28. The molecular formula is C12H14N4O. The van der Waals surface area contributed by atoms with Gasteiger partial charge in [-0.3, -0.25) is 14.5 Å². The lowest BCUT2D eigenvalue weighted by Gasteiger charge is -2.05. The van der Waals surface area contributed by atoms with Crippen molar-refractivity contribution in [3.63, 3.8) is 0 Å². The minimum absolute atomic E-state index is 0.0622. The maximum Gasteiger partial charge on any atom is 0.251 e. The normalized spacial score (nSPS) is 10.1. The molecule has 0 spiro atoms. The molecule has 1 N–H and O–H groups in total. The van der Waals surface area contributed by atoms with E-state index in [9.17, 15) is 4.79 Å². The van der Waals surface area contributed by atoms with Crippen LogP contribution in [0.2, 0.25) is 0 Å². The zero-order valence-corrected chi connectivity index (χ0v) is 9.41. The Morgan fingerprint density at radius 1 is 1.29 bits per heavy atom. The lowest BCUT2D eigenvalue weighted by Crippen LogP contribution is -2.25. The first-order valence-corrected chi connectivity index (χ1v) is 5.52. The molecule has 0 saturated carbocycles. The van der Waals surface area contributed by atoms with Gasteiger partial charge in [0.25, 0.3) is 5.91 Å². The van der Waals surface area contributed by atoms with E-state index in [0.29, 0.717) is 12.1 Å². The third-order valence-corrected chi connectivity index (χ3v) is 2.35. The molecule has 0 aliphatic carbocycles. The number of hydrogen-bond donors (Lipinski definition) is 1. The number of nitrogens with one attached hydrogen (secondary N) is 1. The minimum Gasteiger partial charge on any atom is -0.352 e. The van der Waals surface area contributed by atoms with E-state index in [-0.39, 0.29) is 5.91 Å². The topological polar surface area (TPSA) is 59.8 Å². The quantitative estimate of drug-likeness (QED) is 0.782. The van der Waals surface area contributed by atoms with E-state index in [1.807, 2.05) is 16.9 Å². The van der Waals surface area contributed by atoms with Crippen LogP contribution in [-0.4, -0.2) is 27.2 Å². The minimum atomic E-state index is -0.0622. The average Bonchev–Trinajstić information content (AvgIpc) is 2.88. The van der Waals surface area contributed by atoms with Gasteiger partial charge in [-0.2, -0.15) is 5.10 Å². The summed E-state index contributed by atoms with van der Waals surface area (Å²) in [4.78, 5) is 15.5. The highest BCUT2D eigenvalue weighted by atomic mass is 16.1. The maximum atomic E-state index is 11.6. The lowest BCUT2D eigenvalue weighted by molar-refractivity contribution is 0.0952. The number of hydrogen-bond acceptors (Lipinski definition) is 3. The molecular weight excluding hydrogens is 216 g/mol. The van der Waals surface area contributed by atoms with E-state index in [2.05, 4.69) is 15.4 Å². The van der Waals surface area contributed by atoms with Gasteiger partial charge >= 0.3 is 0 Å². The van der Waals surface area contributed by atoms with Crippen molar-refractivity contribution in [1.82, 2.24) is 20.1 Å². The molecule has 0 fully saturated rings. The summed E-state index contributed by atoms with van der Waals surface area (Å²) in [7, 11) is 0. The van der Waals surface area contributed by atoms with Gasteiger partial charge in [0, 0.05) is 43.4 Å². The van der Waals surface area contributed by atoms with Crippen LogP contribution >= 0.6 is 0 Å². The van der Waals surface area contributed by atoms with Crippen LogP contribution in [0.4, 0.5) is 0 Å². The first-order valence-electron chi connectivity index (χ1n) is 5.52. The van der Waals surface area contributed by atoms with E-state index in [1.54, 1.807) is 30.7 Å². The first kappa shape index (κ1) is 11.3. The standard InChI is InChI=1S/C12H14N4O/c17-12(11-3-7-13-8-4-11)14-5-1-9-16-10-2-6-15-16/h2-4,6-8,10H,1,5,9H2,(H,14,17). The molecule has 0 aliphatic heterocycles. The van der Waals surface area contributed by atoms with Crippen LogP contribution in [0.1, 0.15) is 16.8 Å². The molecule has 0 atom stereocenters. The smallest absolute Gasteiger partial charge is 0.251 e. The van der Waals surface area contributed by atoms with Crippen molar-refractivity contribution in [2.24, 2.45) is 0 Å². The first-order chi connectivity index (χ1) is 8.36. The second-order valence-corrected chi connectivity index (χ2v) is 3.61. The van der Waals surface area contributed by atoms with Crippen LogP contribution in [0.25, 0.3) is 0 Å². The molecule has 1 amide bonds. The van der Waals surface area contributed by atoms with Gasteiger partial charge < -0.3 is 5.32 Å². The summed E-state index contributed by atoms with van der Waals surface area (Å²) in [5, 5.41) is 6.94. The molecule has 0 saturated heterocycles. The number of amides is 1. The second kappa shape index (κ2) is 5.79. The van der Waals surface area contributed by atoms with Crippen LogP contribution < -0.4 is 5.32 Å². The summed E-state index contributed by atoms with van der Waals surface area (Å²) >= 11 is 0. The molecule has 5 heteroatoms. The van der Waals surface area contributed by atoms with Crippen LogP contribution in [0, 0.1) is 0 Å². The van der Waals surface area contributed by atoms with E-state index in [4.69, 9.17) is 0 Å². The van der Waals surface area contributed by atoms with Crippen LogP contribution in [0.15, 0.2) is 43.0 Å². The largest absolute Gasteiger partial charge is 0.352 e. The van der Waals surface area contributed by atoms with Crippen molar-refractivity contribution in [3.8, 4) is 0 Å². The third-order valence-electron chi connectivity index (χ3n) is 2.35. The van der Waals surface area contributed by atoms with Gasteiger partial charge in [-0.15, -0.1) is 0 Å². The zero-order chi connectivity index (χ0) is 11.9. The molecule has 0 bridgehead atoms. The predicted molar refractivity (Wildman–Crippen MR) is 63.4 cm³/mol. The summed E-state index contributed by atoms with van der Waals surface area (Å²) < 4.78 is 1.85. The van der Waals surface area contributed by atoms with Crippen LogP contribution in [0.5, 0.6) is 0 Å². The molecule has 2 heterocycles. The van der Waals surface area contributed by atoms with Gasteiger partial charge in [0.05, 0.1) is 0 Å². The summed E-state index contributed by atoms with van der Waals surface area (Å²) in [5.74, 6) is -0.0622. The van der Waals surface area contributed by atoms with Gasteiger partial charge in [0.1, 0.15) is 0 Å². The Labute approximate surface area is 99.5 Å². The number of nitrogens with zero attached hydrogens (tertiary/aromatic N) is 3. The van der Waals surface area contributed by atoms with E-state index >= 15 is 0 Å². The number of carbonyl (C=O) groups is 1. The molecule has 5 nitrogen and oxygen atoms in total. The highest BCUT2D eigenvalue weighted by Gasteiger charge is 2.02. The Hall–Kier alpha value is -2.17. The van der Waals surface area contributed by atoms with Gasteiger partial charge in [-0.05, 0) is 24.6 Å². The average molecular weight is 230 g/mol. The molecule has 88 valence electrons. The molecule has 2 rings (SSSR count). The SMILES string of the molecule is O=C(NCCCn1cccn1)c1ccncc1. The summed E-state index contributed by atoms with van der Waals surface area (Å²) in [6.45, 7) is 1.45. The fourth-order valence-electron chi connectivity index (χ4n) is 1.48. The monoisotopic (exact) mass is 230 g/mol. The van der Waals surface area contributed by atoms with Gasteiger partial charge in [0.2, 0.25) is 0 Å². The van der Waals surface area contributed by atoms with Crippen molar-refractivity contribution < 1.29 is 4.79 Å². The highest BCUT2D eigenvalue weighted by Crippen LogP contribution is 1.95. The van der Waals surface area contributed by atoms with Crippen molar-refractivity contribution in [2.75, 3.05) is 6.54 Å². The predicted octanol–water partition coefficient (Wildman–Crippen LogP) is 1.10. The molecule has 0 aliphatic rings. The highest BCUT2D eigenvalue weighted by molar-refractivity contribution is 5.93. The van der Waals surface area contributed by atoms with E-state index in [0.717, 1.165) is 13.0 Å². The maximum absolute atomic E-state index is 11.6. The molecule has 0 unspecified atom stereocenters. The fourth-order valence-corrected chi connectivity index (χ4v) is 1.48. The number of aromatic nitrogens is 3. The Bertz CT molecular complexity index is 453. The van der Waals surface area contributed by atoms with Crippen molar-refractivity contribution in [3.05, 3.63) is 48.5 Å². The van der Waals surface area contributed by atoms with Crippen molar-refractivity contribution in [1.29, 1.82) is 0 Å². The molecule has 0 radical (unpaired) electrons. The molecule has 2 aromatic rings. The van der Waals surface area contributed by atoms with Crippen LogP contribution in [0.3, 0.4) is 0 Å². The van der Waals surface area contributed by atoms with Gasteiger partial charge in [-0.1, -0.05) is 0 Å². The molecule has 2 aromatic heterocycles. The lowest BCUT2D eigenvalue weighted by atomic mass is 10.2. The van der Waals surface area contributed by atoms with Crippen molar-refractivity contribution >= 4 is 5.91 Å². The molecule has 0 aromatic carbocycles. The van der Waals surface area contributed by atoms with Crippen LogP contribution in [-0.2, 0) is 6.54 Å². The zero-order valence-electron chi connectivity index (χ0n) is 9.41. The number of aryl methyl sites for hydroxylation is 1. The summed E-state index contributed by atoms with van der Waals surface area (Å²) in [5.41, 5.74) is 0.638. The van der Waals surface area contributed by atoms with E-state index in [1.165, 1.54) is 0 Å². The number of pyridine rings is 1. The molecule has 17 heavy (non-hydrogen) atoms. The second-order valence-electron chi connectivity index (χ2n) is 3.61. The Balaban J connectivity index is 1.70. The third kappa shape index (κ3) is 3.41. The Kier molecular flexibility index (Phi) is 3.85. The van der Waals surface area contributed by atoms with Gasteiger partial charge in [0.15, 0.2) is 0 Å². The van der Waals surface area contributed by atoms with E-state index < -0.39 is 0 Å². The van der Waals surface area contributed by atoms with Crippen molar-refractivity contribution in [2.45, 2.75) is 13.0 Å². The Morgan fingerprint density at radius 2 is 2.12 bits per heavy atom. The number of carbonyl (C=O) groups excluding carboxylic acids is 1.